The van der Waals surface area contributed by atoms with Gasteiger partial charge in [-0.3, -0.25) is 14.9 Å². The summed E-state index contributed by atoms with van der Waals surface area (Å²) in [5.41, 5.74) is -1.21. The molecule has 0 fully saturated rings. The highest BCUT2D eigenvalue weighted by atomic mass is 79.9. The number of carbonyl (C=O) groups is 1. The number of nitrogens with zero attached hydrogens (tertiary/aromatic N) is 1. The first-order chi connectivity index (χ1) is 8.14. The molecular weight excluding hydrogens is 389 g/mol. The zero-order chi connectivity index (χ0) is 14.1. The van der Waals surface area contributed by atoms with Crippen molar-refractivity contribution in [2.75, 3.05) is 5.32 Å². The topological polar surface area (TPSA) is 72.2 Å². The van der Waals surface area contributed by atoms with E-state index in [1.54, 1.807) is 0 Å². The molecule has 0 spiro atoms. The van der Waals surface area contributed by atoms with Crippen LogP contribution in [0.2, 0.25) is 0 Å². The molecule has 1 N–H and O–H groups in total. The van der Waals surface area contributed by atoms with Crippen LogP contribution in [0.25, 0.3) is 0 Å². The van der Waals surface area contributed by atoms with E-state index < -0.39 is 28.4 Å². The van der Waals surface area contributed by atoms with Crippen LogP contribution in [-0.4, -0.2) is 17.0 Å². The van der Waals surface area contributed by atoms with E-state index in [-0.39, 0.29) is 8.95 Å². The van der Waals surface area contributed by atoms with E-state index in [9.17, 15) is 28.1 Å². The van der Waals surface area contributed by atoms with Gasteiger partial charge in [-0.15, -0.1) is 0 Å². The molecule has 0 heterocycles. The van der Waals surface area contributed by atoms with Crippen LogP contribution >= 0.6 is 31.9 Å². The molecule has 0 saturated carbocycles. The lowest BCUT2D eigenvalue weighted by atomic mass is 10.2. The minimum absolute atomic E-state index is 0.0625. The van der Waals surface area contributed by atoms with Crippen molar-refractivity contribution in [3.8, 4) is 0 Å². The average molecular weight is 392 g/mol. The van der Waals surface area contributed by atoms with E-state index in [0.29, 0.717) is 0 Å². The third kappa shape index (κ3) is 3.19. The SMILES string of the molecule is O=C(Nc1ccc(Br)c(Br)c1[N+](=O)[O-])C(F)(F)F. The Balaban J connectivity index is 3.22. The minimum atomic E-state index is -5.12. The summed E-state index contributed by atoms with van der Waals surface area (Å²) >= 11 is 5.82. The highest BCUT2D eigenvalue weighted by Crippen LogP contribution is 2.38. The van der Waals surface area contributed by atoms with Crippen molar-refractivity contribution in [2.45, 2.75) is 6.18 Å². The van der Waals surface area contributed by atoms with Gasteiger partial charge in [-0.25, -0.2) is 0 Å². The summed E-state index contributed by atoms with van der Waals surface area (Å²) in [7, 11) is 0. The Kier molecular flexibility index (Phi) is 4.32. The standard InChI is InChI=1S/C8H3Br2F3N2O3/c9-3-1-2-4(6(5(3)10)15(17)18)14-7(16)8(11,12)13/h1-2H,(H,14,16). The molecule has 0 saturated heterocycles. The van der Waals surface area contributed by atoms with Crippen molar-refractivity contribution in [3.63, 3.8) is 0 Å². The molecule has 98 valence electrons. The van der Waals surface area contributed by atoms with E-state index >= 15 is 0 Å². The Labute approximate surface area is 115 Å². The summed E-state index contributed by atoms with van der Waals surface area (Å²) in [4.78, 5) is 20.6. The predicted octanol–water partition coefficient (Wildman–Crippen LogP) is 3.62. The fraction of sp³-hybridized carbons (Fsp3) is 0.125. The highest BCUT2D eigenvalue weighted by molar-refractivity contribution is 9.13. The number of halogens is 5. The fourth-order valence-electron chi connectivity index (χ4n) is 1.01. The molecule has 1 aromatic rings. The lowest BCUT2D eigenvalue weighted by Crippen LogP contribution is -2.30. The number of hydrogen-bond donors (Lipinski definition) is 1. The van der Waals surface area contributed by atoms with Crippen LogP contribution in [0.3, 0.4) is 0 Å². The van der Waals surface area contributed by atoms with Crippen LogP contribution in [-0.2, 0) is 4.79 Å². The minimum Gasteiger partial charge on any atom is -0.312 e. The number of nitro benzene ring substituents is 1. The van der Waals surface area contributed by atoms with Gasteiger partial charge < -0.3 is 5.32 Å². The molecule has 0 atom stereocenters. The Morgan fingerprint density at radius 3 is 2.33 bits per heavy atom. The highest BCUT2D eigenvalue weighted by Gasteiger charge is 2.40. The van der Waals surface area contributed by atoms with Crippen LogP contribution in [0.1, 0.15) is 0 Å². The zero-order valence-electron chi connectivity index (χ0n) is 8.22. The zero-order valence-corrected chi connectivity index (χ0v) is 11.4. The average Bonchev–Trinajstić information content (AvgIpc) is 2.21. The van der Waals surface area contributed by atoms with E-state index in [1.807, 2.05) is 0 Å². The first-order valence-electron chi connectivity index (χ1n) is 4.15. The predicted molar refractivity (Wildman–Crippen MR) is 63.2 cm³/mol. The summed E-state index contributed by atoms with van der Waals surface area (Å²) in [6, 6.07) is 2.26. The maximum atomic E-state index is 12.0. The van der Waals surface area contributed by atoms with Crippen LogP contribution in [0.5, 0.6) is 0 Å². The number of amides is 1. The fourth-order valence-corrected chi connectivity index (χ4v) is 1.82. The second-order valence-corrected chi connectivity index (χ2v) is 4.61. The Bertz CT molecular complexity index is 519. The first-order valence-corrected chi connectivity index (χ1v) is 5.73. The molecule has 0 aliphatic rings. The Morgan fingerprint density at radius 1 is 1.33 bits per heavy atom. The molecule has 18 heavy (non-hydrogen) atoms. The molecule has 1 aromatic carbocycles. The van der Waals surface area contributed by atoms with Crippen LogP contribution in [0.4, 0.5) is 24.5 Å². The summed E-state index contributed by atoms with van der Waals surface area (Å²) in [5, 5.41) is 12.2. The van der Waals surface area contributed by atoms with Crippen molar-refractivity contribution < 1.29 is 22.9 Å². The molecule has 1 amide bonds. The van der Waals surface area contributed by atoms with Gasteiger partial charge in [-0.2, -0.15) is 13.2 Å². The van der Waals surface area contributed by atoms with Crippen molar-refractivity contribution >= 4 is 49.1 Å². The number of rotatable bonds is 2. The smallest absolute Gasteiger partial charge is 0.312 e. The van der Waals surface area contributed by atoms with Gasteiger partial charge in [-0.05, 0) is 44.0 Å². The molecular formula is C8H3Br2F3N2O3. The van der Waals surface area contributed by atoms with Gasteiger partial charge in [0.05, 0.1) is 4.92 Å². The largest absolute Gasteiger partial charge is 0.471 e. The number of nitrogens with one attached hydrogen (secondary N) is 1. The third-order valence-corrected chi connectivity index (χ3v) is 3.75. The summed E-state index contributed by atoms with van der Waals surface area (Å²) in [5.74, 6) is -2.28. The molecule has 10 heteroatoms. The van der Waals surface area contributed by atoms with Gasteiger partial charge in [0.25, 0.3) is 0 Å². The summed E-state index contributed by atoms with van der Waals surface area (Å²) in [6.45, 7) is 0. The van der Waals surface area contributed by atoms with Gasteiger partial charge in [0.2, 0.25) is 0 Å². The van der Waals surface area contributed by atoms with Crippen molar-refractivity contribution in [2.24, 2.45) is 0 Å². The number of benzene rings is 1. The Morgan fingerprint density at radius 2 is 1.89 bits per heavy atom. The van der Waals surface area contributed by atoms with E-state index in [1.165, 1.54) is 11.4 Å². The first kappa shape index (κ1) is 14.9. The number of nitro groups is 1. The molecule has 0 aromatic heterocycles. The molecule has 0 bridgehead atoms. The quantitative estimate of drug-likeness (QED) is 0.618. The summed E-state index contributed by atoms with van der Waals surface area (Å²) < 4.78 is 36.3. The van der Waals surface area contributed by atoms with Crippen molar-refractivity contribution in [3.05, 3.63) is 31.2 Å². The molecule has 0 aliphatic heterocycles. The van der Waals surface area contributed by atoms with Gasteiger partial charge in [0, 0.05) is 4.47 Å². The number of carbonyl (C=O) groups excluding carboxylic acids is 1. The molecule has 1 rings (SSSR count). The number of hydrogen-bond acceptors (Lipinski definition) is 3. The number of alkyl halides is 3. The van der Waals surface area contributed by atoms with Gasteiger partial charge in [-0.1, -0.05) is 0 Å². The molecule has 0 unspecified atom stereocenters. The van der Waals surface area contributed by atoms with E-state index in [0.717, 1.165) is 6.07 Å². The van der Waals surface area contributed by atoms with E-state index in [4.69, 9.17) is 0 Å². The number of anilines is 1. The monoisotopic (exact) mass is 390 g/mol. The van der Waals surface area contributed by atoms with Crippen LogP contribution < -0.4 is 5.32 Å². The van der Waals surface area contributed by atoms with Crippen LogP contribution in [0.15, 0.2) is 21.1 Å². The molecule has 0 radical (unpaired) electrons. The van der Waals surface area contributed by atoms with Gasteiger partial charge in [0.15, 0.2) is 0 Å². The van der Waals surface area contributed by atoms with Gasteiger partial charge in [0.1, 0.15) is 10.2 Å². The lowest BCUT2D eigenvalue weighted by Gasteiger charge is -2.09. The van der Waals surface area contributed by atoms with Crippen molar-refractivity contribution in [1.82, 2.24) is 0 Å². The van der Waals surface area contributed by atoms with Crippen molar-refractivity contribution in [1.29, 1.82) is 0 Å². The third-order valence-electron chi connectivity index (χ3n) is 1.76. The van der Waals surface area contributed by atoms with Gasteiger partial charge >= 0.3 is 17.8 Å². The molecule has 0 aliphatic carbocycles. The van der Waals surface area contributed by atoms with Crippen LogP contribution in [0, 0.1) is 10.1 Å². The second-order valence-electron chi connectivity index (χ2n) is 2.97. The van der Waals surface area contributed by atoms with E-state index in [2.05, 4.69) is 31.9 Å². The second kappa shape index (κ2) is 5.22. The lowest BCUT2D eigenvalue weighted by molar-refractivity contribution is -0.384. The molecule has 5 nitrogen and oxygen atoms in total. The Hall–Kier alpha value is -1.16. The maximum Gasteiger partial charge on any atom is 0.471 e. The maximum absolute atomic E-state index is 12.0. The normalized spacial score (nSPS) is 11.2. The summed E-state index contributed by atoms with van der Waals surface area (Å²) in [6.07, 6.45) is -5.12.